The molecule has 1 N–H and O–H groups in total. The number of amides is 1. The van der Waals surface area contributed by atoms with E-state index >= 15 is 0 Å². The Labute approximate surface area is 113 Å². The fourth-order valence-electron chi connectivity index (χ4n) is 2.28. The van der Waals surface area contributed by atoms with Crippen LogP contribution in [-0.2, 0) is 15.1 Å². The molecule has 1 saturated carbocycles. The lowest BCUT2D eigenvalue weighted by Crippen LogP contribution is -2.37. The molecule has 2 rings (SSSR count). The summed E-state index contributed by atoms with van der Waals surface area (Å²) < 4.78 is 30.2. The van der Waals surface area contributed by atoms with Gasteiger partial charge in [0.25, 0.3) is 0 Å². The van der Waals surface area contributed by atoms with Crippen molar-refractivity contribution in [1.82, 2.24) is 4.72 Å². The highest BCUT2D eigenvalue weighted by atomic mass is 32.2. The molecule has 1 aliphatic rings. The van der Waals surface area contributed by atoms with E-state index in [1.165, 1.54) is 12.1 Å². The van der Waals surface area contributed by atoms with Gasteiger partial charge in [0.05, 0.1) is 0 Å². The summed E-state index contributed by atoms with van der Waals surface area (Å²) in [5, 5.41) is 0. The Morgan fingerprint density at radius 1 is 1.26 bits per heavy atom. The molecule has 0 aliphatic heterocycles. The van der Waals surface area contributed by atoms with E-state index in [-0.39, 0.29) is 11.7 Å². The maximum absolute atomic E-state index is 11.8. The predicted molar refractivity (Wildman–Crippen MR) is 70.6 cm³/mol. The number of rotatable bonds is 4. The van der Waals surface area contributed by atoms with Crippen molar-refractivity contribution in [3.8, 4) is 5.75 Å². The summed E-state index contributed by atoms with van der Waals surface area (Å²) in [6.45, 7) is 2.06. The molecule has 5 nitrogen and oxygen atoms in total. The highest BCUT2D eigenvalue weighted by Crippen LogP contribution is 2.30. The molecular formula is C13H17NO4S. The first-order valence-electron chi connectivity index (χ1n) is 6.27. The Hall–Kier alpha value is -1.56. The van der Waals surface area contributed by atoms with Crippen LogP contribution >= 0.6 is 0 Å². The van der Waals surface area contributed by atoms with Crippen molar-refractivity contribution in [2.24, 2.45) is 11.8 Å². The molecular weight excluding hydrogens is 266 g/mol. The van der Waals surface area contributed by atoms with Crippen molar-refractivity contribution < 1.29 is 17.4 Å². The zero-order valence-electron chi connectivity index (χ0n) is 10.7. The third-order valence-corrected chi connectivity index (χ3v) is 4.10. The molecule has 0 radical (unpaired) electrons. The van der Waals surface area contributed by atoms with Crippen LogP contribution in [-0.4, -0.2) is 14.3 Å². The van der Waals surface area contributed by atoms with E-state index in [1.807, 2.05) is 4.72 Å². The SMILES string of the molecule is CC1CCC(C(=O)NS(=O)(=O)Oc2ccccc2)C1. The second kappa shape index (κ2) is 5.61. The van der Waals surface area contributed by atoms with Crippen molar-refractivity contribution in [3.05, 3.63) is 30.3 Å². The zero-order chi connectivity index (χ0) is 13.9. The summed E-state index contributed by atoms with van der Waals surface area (Å²) in [4.78, 5) is 11.8. The smallest absolute Gasteiger partial charge is 0.367 e. The minimum atomic E-state index is -4.09. The van der Waals surface area contributed by atoms with Crippen LogP contribution in [0.25, 0.3) is 0 Å². The Bertz CT molecular complexity index is 541. The first-order valence-corrected chi connectivity index (χ1v) is 7.68. The van der Waals surface area contributed by atoms with Crippen molar-refractivity contribution in [2.45, 2.75) is 26.2 Å². The maximum atomic E-state index is 11.8. The summed E-state index contributed by atoms with van der Waals surface area (Å²) in [7, 11) is -4.09. The second-order valence-electron chi connectivity index (χ2n) is 4.93. The van der Waals surface area contributed by atoms with Gasteiger partial charge in [0.1, 0.15) is 5.75 Å². The monoisotopic (exact) mass is 283 g/mol. The standard InChI is InChI=1S/C13H17NO4S/c1-10-7-8-11(9-10)13(15)14-19(16,17)18-12-5-3-2-4-6-12/h2-6,10-11H,7-9H2,1H3,(H,14,15). The second-order valence-corrected chi connectivity index (χ2v) is 6.21. The van der Waals surface area contributed by atoms with Gasteiger partial charge in [0.2, 0.25) is 5.91 Å². The lowest BCUT2D eigenvalue weighted by Gasteiger charge is -2.11. The summed E-state index contributed by atoms with van der Waals surface area (Å²) >= 11 is 0. The van der Waals surface area contributed by atoms with Gasteiger partial charge in [-0.15, -0.1) is 0 Å². The van der Waals surface area contributed by atoms with Gasteiger partial charge in [0.15, 0.2) is 0 Å². The predicted octanol–water partition coefficient (Wildman–Crippen LogP) is 1.86. The molecule has 104 valence electrons. The summed E-state index contributed by atoms with van der Waals surface area (Å²) in [6.07, 6.45) is 2.41. The molecule has 6 heteroatoms. The summed E-state index contributed by atoms with van der Waals surface area (Å²) in [6, 6.07) is 8.09. The Morgan fingerprint density at radius 3 is 2.53 bits per heavy atom. The van der Waals surface area contributed by atoms with Crippen LogP contribution in [0.4, 0.5) is 0 Å². The molecule has 0 saturated heterocycles. The van der Waals surface area contributed by atoms with Crippen LogP contribution in [0, 0.1) is 11.8 Å². The minimum absolute atomic E-state index is 0.183. The molecule has 1 aliphatic carbocycles. The van der Waals surface area contributed by atoms with Crippen LogP contribution in [0.3, 0.4) is 0 Å². The van der Waals surface area contributed by atoms with Gasteiger partial charge in [-0.2, -0.15) is 8.42 Å². The average Bonchev–Trinajstić information content (AvgIpc) is 2.76. The number of hydrogen-bond acceptors (Lipinski definition) is 4. The van der Waals surface area contributed by atoms with E-state index in [9.17, 15) is 13.2 Å². The van der Waals surface area contributed by atoms with E-state index in [4.69, 9.17) is 4.18 Å². The molecule has 2 unspecified atom stereocenters. The third-order valence-electron chi connectivity index (χ3n) is 3.24. The van der Waals surface area contributed by atoms with E-state index in [0.717, 1.165) is 19.3 Å². The molecule has 0 bridgehead atoms. The molecule has 1 amide bonds. The first kappa shape index (κ1) is 13.9. The van der Waals surface area contributed by atoms with Crippen molar-refractivity contribution in [3.63, 3.8) is 0 Å². The molecule has 0 aromatic heterocycles. The van der Waals surface area contributed by atoms with Crippen LogP contribution in [0.2, 0.25) is 0 Å². The number of nitrogens with one attached hydrogen (secondary N) is 1. The fraction of sp³-hybridized carbons (Fsp3) is 0.462. The van der Waals surface area contributed by atoms with Crippen molar-refractivity contribution in [1.29, 1.82) is 0 Å². The van der Waals surface area contributed by atoms with Gasteiger partial charge in [-0.3, -0.25) is 4.79 Å². The largest absolute Gasteiger partial charge is 0.409 e. The Kier molecular flexibility index (Phi) is 4.09. The number of hydrogen-bond donors (Lipinski definition) is 1. The Morgan fingerprint density at radius 2 is 1.95 bits per heavy atom. The van der Waals surface area contributed by atoms with Crippen molar-refractivity contribution >= 4 is 16.2 Å². The quantitative estimate of drug-likeness (QED) is 0.915. The lowest BCUT2D eigenvalue weighted by molar-refractivity contribution is -0.123. The van der Waals surface area contributed by atoms with E-state index in [0.29, 0.717) is 5.92 Å². The van der Waals surface area contributed by atoms with Gasteiger partial charge in [-0.05, 0) is 37.3 Å². The summed E-state index contributed by atoms with van der Waals surface area (Å²) in [5.74, 6) is -0.0551. The van der Waals surface area contributed by atoms with Gasteiger partial charge in [-0.1, -0.05) is 25.1 Å². The maximum Gasteiger partial charge on any atom is 0.409 e. The van der Waals surface area contributed by atoms with Crippen LogP contribution < -0.4 is 8.91 Å². The van der Waals surface area contributed by atoms with Crippen LogP contribution in [0.5, 0.6) is 5.75 Å². The number of benzene rings is 1. The van der Waals surface area contributed by atoms with Crippen LogP contribution in [0.15, 0.2) is 30.3 Å². The molecule has 0 spiro atoms. The minimum Gasteiger partial charge on any atom is -0.367 e. The molecule has 1 aromatic rings. The normalized spacial score (nSPS) is 23.0. The van der Waals surface area contributed by atoms with Gasteiger partial charge in [0, 0.05) is 5.92 Å². The molecule has 0 heterocycles. The topological polar surface area (TPSA) is 72.5 Å². The third kappa shape index (κ3) is 3.96. The van der Waals surface area contributed by atoms with E-state index in [2.05, 4.69) is 6.92 Å². The van der Waals surface area contributed by atoms with Crippen molar-refractivity contribution in [2.75, 3.05) is 0 Å². The zero-order valence-corrected chi connectivity index (χ0v) is 11.5. The number of carbonyl (C=O) groups excluding carboxylic acids is 1. The van der Waals surface area contributed by atoms with E-state index < -0.39 is 16.2 Å². The molecule has 1 aromatic carbocycles. The highest BCUT2D eigenvalue weighted by molar-refractivity contribution is 7.85. The van der Waals surface area contributed by atoms with Gasteiger partial charge < -0.3 is 4.18 Å². The van der Waals surface area contributed by atoms with Gasteiger partial charge >= 0.3 is 10.3 Å². The van der Waals surface area contributed by atoms with E-state index in [1.54, 1.807) is 18.2 Å². The number of carbonyl (C=O) groups is 1. The van der Waals surface area contributed by atoms with Crippen LogP contribution in [0.1, 0.15) is 26.2 Å². The highest BCUT2D eigenvalue weighted by Gasteiger charge is 2.30. The Balaban J connectivity index is 1.96. The van der Waals surface area contributed by atoms with Gasteiger partial charge in [-0.25, -0.2) is 4.72 Å². The molecule has 2 atom stereocenters. The summed E-state index contributed by atoms with van der Waals surface area (Å²) in [5.41, 5.74) is 0. The molecule has 1 fully saturated rings. The first-order chi connectivity index (χ1) is 8.96. The lowest BCUT2D eigenvalue weighted by atomic mass is 10.1. The fourth-order valence-corrected chi connectivity index (χ4v) is 3.09. The number of para-hydroxylation sites is 1. The molecule has 19 heavy (non-hydrogen) atoms. The average molecular weight is 283 g/mol.